The summed E-state index contributed by atoms with van der Waals surface area (Å²) in [7, 11) is 0. The number of hydrogen-bond acceptors (Lipinski definition) is 10. The van der Waals surface area contributed by atoms with E-state index >= 15 is 0 Å². The average molecular weight is 713 g/mol. The van der Waals surface area contributed by atoms with Gasteiger partial charge in [0.1, 0.15) is 25.3 Å². The van der Waals surface area contributed by atoms with Crippen molar-refractivity contribution in [1.82, 2.24) is 21.6 Å². The summed E-state index contributed by atoms with van der Waals surface area (Å²) >= 11 is 0. The maximum atomic E-state index is 12.1. The third-order valence-electron chi connectivity index (χ3n) is 8.51. The summed E-state index contributed by atoms with van der Waals surface area (Å²) < 4.78 is 10.8. The van der Waals surface area contributed by atoms with Gasteiger partial charge >= 0.3 is 11.9 Å². The highest BCUT2D eigenvalue weighted by Crippen LogP contribution is 2.13. The van der Waals surface area contributed by atoms with Gasteiger partial charge in [-0.1, -0.05) is 136 Å². The van der Waals surface area contributed by atoms with Crippen molar-refractivity contribution in [3.8, 4) is 0 Å². The lowest BCUT2D eigenvalue weighted by atomic mass is 10.0. The maximum Gasteiger partial charge on any atom is 0.323 e. The first-order valence-corrected chi connectivity index (χ1v) is 17.3. The second kappa shape index (κ2) is 23.9. The molecule has 0 radical (unpaired) electrons. The van der Waals surface area contributed by atoms with Crippen LogP contribution >= 0.6 is 0 Å². The zero-order chi connectivity index (χ0) is 34.6. The molecule has 0 spiro atoms. The molecule has 4 atom stereocenters. The number of hydroxylamine groups is 2. The van der Waals surface area contributed by atoms with Crippen LogP contribution in [0.4, 0.5) is 0 Å². The highest BCUT2D eigenvalue weighted by Gasteiger charge is 2.28. The van der Waals surface area contributed by atoms with Gasteiger partial charge in [0.25, 0.3) is 0 Å². The third-order valence-corrected chi connectivity index (χ3v) is 8.51. The van der Waals surface area contributed by atoms with E-state index in [-0.39, 0.29) is 51.0 Å². The van der Waals surface area contributed by atoms with Gasteiger partial charge in [0, 0.05) is 25.2 Å². The van der Waals surface area contributed by atoms with Crippen LogP contribution in [0.2, 0.25) is 0 Å². The number of carbonyl (C=O) groups excluding carboxylic acids is 2. The van der Waals surface area contributed by atoms with E-state index in [0.717, 1.165) is 47.9 Å². The molecule has 2 heterocycles. The van der Waals surface area contributed by atoms with Gasteiger partial charge in [0.2, 0.25) is 0 Å². The normalized spacial score (nSPS) is 19.4. The van der Waals surface area contributed by atoms with Crippen molar-refractivity contribution in [1.29, 1.82) is 0 Å². The Morgan fingerprint density at radius 2 is 0.788 bits per heavy atom. The Balaban J connectivity index is 0.000000270. The number of piperidine rings is 2. The molecule has 4 aromatic rings. The van der Waals surface area contributed by atoms with E-state index in [2.05, 4.69) is 21.6 Å². The Morgan fingerprint density at radius 3 is 1.08 bits per heavy atom. The SMILES string of the molecule is C.C.O=C(OCc1ccccc1)[C@@H]1CCC(NOCc2ccccc2)CN1.O=C(OCc1ccccc1)[C@@H]1CC[C@@H](NOCc2ccccc2)CN1. The monoisotopic (exact) mass is 712 g/mol. The Kier molecular flexibility index (Phi) is 19.3. The van der Waals surface area contributed by atoms with Gasteiger partial charge in [-0.15, -0.1) is 0 Å². The Hall–Kier alpha value is -4.42. The largest absolute Gasteiger partial charge is 0.460 e. The zero-order valence-corrected chi connectivity index (χ0v) is 28.4. The number of ether oxygens (including phenoxy) is 2. The molecule has 280 valence electrons. The van der Waals surface area contributed by atoms with E-state index in [1.165, 1.54) is 0 Å². The highest BCUT2D eigenvalue weighted by molar-refractivity contribution is 5.76. The molecule has 52 heavy (non-hydrogen) atoms. The van der Waals surface area contributed by atoms with E-state index in [1.807, 2.05) is 121 Å². The van der Waals surface area contributed by atoms with E-state index < -0.39 is 0 Å². The number of nitrogens with one attached hydrogen (secondary N) is 4. The van der Waals surface area contributed by atoms with Crippen LogP contribution in [0, 0.1) is 0 Å². The predicted molar refractivity (Wildman–Crippen MR) is 204 cm³/mol. The Bertz CT molecular complexity index is 1400. The number of rotatable bonds is 14. The molecule has 0 bridgehead atoms. The molecule has 0 aliphatic carbocycles. The van der Waals surface area contributed by atoms with Gasteiger partial charge in [-0.3, -0.25) is 19.3 Å². The molecule has 10 heteroatoms. The average Bonchev–Trinajstić information content (AvgIpc) is 3.18. The number of hydrogen-bond donors (Lipinski definition) is 4. The first-order chi connectivity index (χ1) is 24.6. The number of benzene rings is 4. The second-order valence-corrected chi connectivity index (χ2v) is 12.4. The summed E-state index contributed by atoms with van der Waals surface area (Å²) in [4.78, 5) is 35.4. The molecule has 0 aromatic heterocycles. The van der Waals surface area contributed by atoms with Crippen LogP contribution in [-0.2, 0) is 55.2 Å². The van der Waals surface area contributed by atoms with Gasteiger partial charge in [-0.05, 0) is 47.9 Å². The predicted octanol–water partition coefficient (Wildman–Crippen LogP) is 6.42. The number of carbonyl (C=O) groups is 2. The van der Waals surface area contributed by atoms with Crippen LogP contribution in [0.25, 0.3) is 0 Å². The van der Waals surface area contributed by atoms with Crippen LogP contribution in [0.5, 0.6) is 0 Å². The van der Waals surface area contributed by atoms with E-state index in [4.69, 9.17) is 19.1 Å². The van der Waals surface area contributed by atoms with Crippen LogP contribution < -0.4 is 21.6 Å². The molecule has 0 amide bonds. The van der Waals surface area contributed by atoms with Gasteiger partial charge in [0.15, 0.2) is 0 Å². The molecule has 6 rings (SSSR count). The van der Waals surface area contributed by atoms with E-state index in [0.29, 0.717) is 39.5 Å². The minimum absolute atomic E-state index is 0. The van der Waals surface area contributed by atoms with Gasteiger partial charge in [-0.2, -0.15) is 11.0 Å². The minimum Gasteiger partial charge on any atom is -0.460 e. The summed E-state index contributed by atoms with van der Waals surface area (Å²) in [6.07, 6.45) is 3.21. The molecule has 4 aromatic carbocycles. The zero-order valence-electron chi connectivity index (χ0n) is 28.4. The van der Waals surface area contributed by atoms with Crippen molar-refractivity contribution < 1.29 is 28.7 Å². The summed E-state index contributed by atoms with van der Waals surface area (Å²) in [6.45, 7) is 3.05. The molecular formula is C42H56N4O6. The van der Waals surface area contributed by atoms with Crippen molar-refractivity contribution in [2.75, 3.05) is 13.1 Å². The van der Waals surface area contributed by atoms with Gasteiger partial charge < -0.3 is 20.1 Å². The topological polar surface area (TPSA) is 119 Å². The van der Waals surface area contributed by atoms with Crippen molar-refractivity contribution in [3.05, 3.63) is 144 Å². The molecule has 1 unspecified atom stereocenters. The van der Waals surface area contributed by atoms with Gasteiger partial charge in [-0.25, -0.2) is 0 Å². The Labute approximate surface area is 309 Å². The fraction of sp³-hybridized carbons (Fsp3) is 0.381. The van der Waals surface area contributed by atoms with Crippen LogP contribution in [0.1, 0.15) is 62.8 Å². The lowest BCUT2D eigenvalue weighted by Gasteiger charge is -2.28. The molecule has 4 N–H and O–H groups in total. The molecule has 10 nitrogen and oxygen atoms in total. The van der Waals surface area contributed by atoms with Crippen molar-refractivity contribution in [3.63, 3.8) is 0 Å². The lowest BCUT2D eigenvalue weighted by Crippen LogP contribution is -2.51. The quantitative estimate of drug-likeness (QED) is 0.0863. The van der Waals surface area contributed by atoms with Crippen molar-refractivity contribution in [2.24, 2.45) is 0 Å². The molecular weight excluding hydrogens is 656 g/mol. The fourth-order valence-electron chi connectivity index (χ4n) is 5.61. The smallest absolute Gasteiger partial charge is 0.323 e. The first-order valence-electron chi connectivity index (χ1n) is 17.3. The molecule has 2 saturated heterocycles. The minimum atomic E-state index is -0.240. The summed E-state index contributed by atoms with van der Waals surface area (Å²) in [5.74, 6) is -0.375. The van der Waals surface area contributed by atoms with Crippen LogP contribution in [0.3, 0.4) is 0 Å². The summed E-state index contributed by atoms with van der Waals surface area (Å²) in [5.41, 5.74) is 10.4. The first kappa shape index (κ1) is 42.0. The molecule has 2 fully saturated rings. The molecule has 2 aliphatic heterocycles. The summed E-state index contributed by atoms with van der Waals surface area (Å²) in [5, 5.41) is 6.47. The highest BCUT2D eigenvalue weighted by atomic mass is 16.6. The van der Waals surface area contributed by atoms with Crippen LogP contribution in [0.15, 0.2) is 121 Å². The molecule has 2 aliphatic rings. The lowest BCUT2D eigenvalue weighted by molar-refractivity contribution is -0.149. The molecule has 0 saturated carbocycles. The van der Waals surface area contributed by atoms with Crippen molar-refractivity contribution in [2.45, 2.75) is 91.1 Å². The van der Waals surface area contributed by atoms with Crippen LogP contribution in [-0.4, -0.2) is 49.2 Å². The third kappa shape index (κ3) is 15.1. The fourth-order valence-corrected chi connectivity index (χ4v) is 5.61. The summed E-state index contributed by atoms with van der Waals surface area (Å²) in [6, 6.07) is 39.4. The standard InChI is InChI=1S/2C20H24N2O3.2CH4/c2*23-20(24-14-16-7-3-1-4-8-16)19-12-11-18(13-21-19)22-25-15-17-9-5-2-6-10-17;;/h2*1-10,18-19,21-22H,11-15H2;2*1H4/t18?,19-;18-,19+;;/m01../s1. The maximum absolute atomic E-state index is 12.1. The van der Waals surface area contributed by atoms with E-state index in [9.17, 15) is 9.59 Å². The Morgan fingerprint density at radius 1 is 0.481 bits per heavy atom. The van der Waals surface area contributed by atoms with Crippen molar-refractivity contribution >= 4 is 11.9 Å². The van der Waals surface area contributed by atoms with Gasteiger partial charge in [0.05, 0.1) is 13.2 Å². The number of esters is 2. The van der Waals surface area contributed by atoms with E-state index in [1.54, 1.807) is 0 Å². The second-order valence-electron chi connectivity index (χ2n) is 12.4.